The van der Waals surface area contributed by atoms with Gasteiger partial charge in [-0.1, -0.05) is 39.0 Å². The number of para-hydroxylation sites is 1. The van der Waals surface area contributed by atoms with Gasteiger partial charge < -0.3 is 9.47 Å². The van der Waals surface area contributed by atoms with Gasteiger partial charge >= 0.3 is 5.97 Å². The molecule has 142 valence electrons. The Labute approximate surface area is 156 Å². The van der Waals surface area contributed by atoms with Gasteiger partial charge in [-0.2, -0.15) is 0 Å². The molecule has 0 aliphatic carbocycles. The standard InChI is InChI=1S/C22H31NO3/c1-9-25-20(24)19(26-22(6,7)8)17-14(2)23-16-13-11-10-12-15(16)18(17)21(3,4)5/h10-13,19H,9H2,1-8H3. The number of benzene rings is 1. The van der Waals surface area contributed by atoms with Gasteiger partial charge in [-0.3, -0.25) is 4.98 Å². The zero-order valence-electron chi connectivity index (χ0n) is 17.3. The van der Waals surface area contributed by atoms with Crippen LogP contribution in [0.2, 0.25) is 0 Å². The number of rotatable bonds is 4. The summed E-state index contributed by atoms with van der Waals surface area (Å²) in [5.41, 5.74) is 2.96. The second kappa shape index (κ2) is 7.36. The average molecular weight is 357 g/mol. The van der Waals surface area contributed by atoms with Crippen molar-refractivity contribution in [3.63, 3.8) is 0 Å². The molecule has 0 bridgehead atoms. The summed E-state index contributed by atoms with van der Waals surface area (Å²) in [6.07, 6.45) is -0.804. The van der Waals surface area contributed by atoms with Gasteiger partial charge in [0.25, 0.3) is 0 Å². The average Bonchev–Trinajstić information content (AvgIpc) is 2.50. The van der Waals surface area contributed by atoms with Gasteiger partial charge in [0.15, 0.2) is 6.10 Å². The number of pyridine rings is 1. The molecule has 4 nitrogen and oxygen atoms in total. The zero-order valence-corrected chi connectivity index (χ0v) is 17.3. The minimum atomic E-state index is -0.804. The molecule has 2 aromatic rings. The van der Waals surface area contributed by atoms with Crippen LogP contribution in [0.5, 0.6) is 0 Å². The first-order valence-electron chi connectivity index (χ1n) is 9.20. The maximum atomic E-state index is 12.8. The number of carbonyl (C=O) groups is 1. The molecule has 0 aliphatic rings. The molecular weight excluding hydrogens is 326 g/mol. The van der Waals surface area contributed by atoms with Crippen molar-refractivity contribution in [3.05, 3.63) is 41.1 Å². The SMILES string of the molecule is CCOC(=O)C(OC(C)(C)C)c1c(C)nc2ccccc2c1C(C)(C)C. The lowest BCUT2D eigenvalue weighted by atomic mass is 9.79. The Hall–Kier alpha value is -1.94. The minimum Gasteiger partial charge on any atom is -0.464 e. The summed E-state index contributed by atoms with van der Waals surface area (Å²) in [6.45, 7) is 16.3. The molecule has 0 amide bonds. The van der Waals surface area contributed by atoms with Crippen molar-refractivity contribution in [3.8, 4) is 0 Å². The lowest BCUT2D eigenvalue weighted by Gasteiger charge is -2.32. The highest BCUT2D eigenvalue weighted by Crippen LogP contribution is 2.39. The van der Waals surface area contributed by atoms with Crippen LogP contribution in [-0.2, 0) is 19.7 Å². The van der Waals surface area contributed by atoms with E-state index in [4.69, 9.17) is 14.5 Å². The van der Waals surface area contributed by atoms with Crippen LogP contribution in [0, 0.1) is 6.92 Å². The Kier molecular flexibility index (Phi) is 5.76. The Bertz CT molecular complexity index is 797. The molecule has 0 saturated carbocycles. The van der Waals surface area contributed by atoms with Crippen LogP contribution in [0.25, 0.3) is 10.9 Å². The summed E-state index contributed by atoms with van der Waals surface area (Å²) in [6, 6.07) is 8.05. The van der Waals surface area contributed by atoms with E-state index in [0.29, 0.717) is 6.61 Å². The van der Waals surface area contributed by atoms with Crippen molar-refractivity contribution in [2.45, 2.75) is 72.5 Å². The fraction of sp³-hybridized carbons (Fsp3) is 0.545. The van der Waals surface area contributed by atoms with Crippen LogP contribution >= 0.6 is 0 Å². The van der Waals surface area contributed by atoms with Gasteiger partial charge in [0.1, 0.15) is 0 Å². The maximum Gasteiger partial charge on any atom is 0.340 e. The summed E-state index contributed by atoms with van der Waals surface area (Å²) in [4.78, 5) is 17.6. The largest absolute Gasteiger partial charge is 0.464 e. The van der Waals surface area contributed by atoms with Gasteiger partial charge in [-0.15, -0.1) is 0 Å². The lowest BCUT2D eigenvalue weighted by molar-refractivity contribution is -0.167. The van der Waals surface area contributed by atoms with Gasteiger partial charge in [-0.25, -0.2) is 4.79 Å². The van der Waals surface area contributed by atoms with E-state index >= 15 is 0 Å². The Morgan fingerprint density at radius 2 is 1.73 bits per heavy atom. The number of carbonyl (C=O) groups excluding carboxylic acids is 1. The van der Waals surface area contributed by atoms with E-state index in [-0.39, 0.29) is 11.4 Å². The molecule has 26 heavy (non-hydrogen) atoms. The monoisotopic (exact) mass is 357 g/mol. The first-order valence-corrected chi connectivity index (χ1v) is 9.20. The topological polar surface area (TPSA) is 48.4 Å². The molecular formula is C22H31NO3. The van der Waals surface area contributed by atoms with E-state index in [0.717, 1.165) is 27.7 Å². The molecule has 1 heterocycles. The highest BCUT2D eigenvalue weighted by atomic mass is 16.6. The van der Waals surface area contributed by atoms with E-state index in [9.17, 15) is 4.79 Å². The fourth-order valence-corrected chi connectivity index (χ4v) is 3.27. The first-order chi connectivity index (χ1) is 12.0. The van der Waals surface area contributed by atoms with Crippen molar-refractivity contribution < 1.29 is 14.3 Å². The second-order valence-corrected chi connectivity index (χ2v) is 8.62. The summed E-state index contributed by atoms with van der Waals surface area (Å²) >= 11 is 0. The molecule has 1 unspecified atom stereocenters. The van der Waals surface area contributed by atoms with E-state index < -0.39 is 11.7 Å². The number of ether oxygens (including phenoxy) is 2. The summed E-state index contributed by atoms with van der Waals surface area (Å²) in [7, 11) is 0. The molecule has 1 aromatic heterocycles. The number of fused-ring (bicyclic) bond motifs is 1. The van der Waals surface area contributed by atoms with Crippen LogP contribution in [0.15, 0.2) is 24.3 Å². The normalized spacial score (nSPS) is 13.7. The van der Waals surface area contributed by atoms with Crippen LogP contribution in [-0.4, -0.2) is 23.2 Å². The van der Waals surface area contributed by atoms with E-state index in [2.05, 4.69) is 26.8 Å². The van der Waals surface area contributed by atoms with Gasteiger partial charge in [-0.05, 0) is 51.7 Å². The molecule has 1 aromatic carbocycles. The lowest BCUT2D eigenvalue weighted by Crippen LogP contribution is -2.31. The molecule has 0 fully saturated rings. The summed E-state index contributed by atoms with van der Waals surface area (Å²) in [5.74, 6) is -0.367. The van der Waals surface area contributed by atoms with Crippen LogP contribution in [0.3, 0.4) is 0 Å². The third-order valence-electron chi connectivity index (χ3n) is 4.10. The Balaban J connectivity index is 2.82. The van der Waals surface area contributed by atoms with Crippen molar-refractivity contribution >= 4 is 16.9 Å². The fourth-order valence-electron chi connectivity index (χ4n) is 3.27. The van der Waals surface area contributed by atoms with E-state index in [1.165, 1.54) is 0 Å². The third kappa shape index (κ3) is 4.42. The highest BCUT2D eigenvalue weighted by Gasteiger charge is 2.35. The molecule has 0 radical (unpaired) electrons. The Morgan fingerprint density at radius 3 is 2.27 bits per heavy atom. The third-order valence-corrected chi connectivity index (χ3v) is 4.10. The van der Waals surface area contributed by atoms with Crippen molar-refractivity contribution in [1.82, 2.24) is 4.98 Å². The molecule has 0 spiro atoms. The molecule has 0 saturated heterocycles. The number of aromatic nitrogens is 1. The number of hydrogen-bond acceptors (Lipinski definition) is 4. The zero-order chi connectivity index (χ0) is 19.7. The first kappa shape index (κ1) is 20.4. The maximum absolute atomic E-state index is 12.8. The number of aryl methyl sites for hydroxylation is 1. The predicted octanol–water partition coefficient (Wildman–Crippen LogP) is 5.26. The van der Waals surface area contributed by atoms with Gasteiger partial charge in [0.05, 0.1) is 17.7 Å². The van der Waals surface area contributed by atoms with Crippen molar-refractivity contribution in [2.24, 2.45) is 0 Å². The molecule has 0 N–H and O–H groups in total. The molecule has 0 aliphatic heterocycles. The van der Waals surface area contributed by atoms with Crippen molar-refractivity contribution in [2.75, 3.05) is 6.61 Å². The highest BCUT2D eigenvalue weighted by molar-refractivity contribution is 5.87. The molecule has 2 rings (SSSR count). The number of nitrogens with zero attached hydrogens (tertiary/aromatic N) is 1. The molecule has 4 heteroatoms. The van der Waals surface area contributed by atoms with Crippen LogP contribution in [0.4, 0.5) is 0 Å². The second-order valence-electron chi connectivity index (χ2n) is 8.62. The molecule has 1 atom stereocenters. The van der Waals surface area contributed by atoms with E-state index in [1.54, 1.807) is 0 Å². The number of hydrogen-bond donors (Lipinski definition) is 0. The smallest absolute Gasteiger partial charge is 0.340 e. The van der Waals surface area contributed by atoms with Crippen molar-refractivity contribution in [1.29, 1.82) is 0 Å². The number of esters is 1. The summed E-state index contributed by atoms with van der Waals surface area (Å²) < 4.78 is 11.5. The van der Waals surface area contributed by atoms with Gasteiger partial charge in [0, 0.05) is 16.6 Å². The summed E-state index contributed by atoms with van der Waals surface area (Å²) in [5, 5.41) is 1.05. The minimum absolute atomic E-state index is 0.186. The van der Waals surface area contributed by atoms with Crippen LogP contribution < -0.4 is 0 Å². The quantitative estimate of drug-likeness (QED) is 0.700. The van der Waals surface area contributed by atoms with E-state index in [1.807, 2.05) is 52.8 Å². The van der Waals surface area contributed by atoms with Gasteiger partial charge in [0.2, 0.25) is 0 Å². The predicted molar refractivity (Wildman–Crippen MR) is 105 cm³/mol. The Morgan fingerprint density at radius 1 is 1.12 bits per heavy atom. The van der Waals surface area contributed by atoms with Crippen LogP contribution in [0.1, 0.15) is 71.4 Å².